The van der Waals surface area contributed by atoms with Gasteiger partial charge in [-0.25, -0.2) is 0 Å². The number of fused-ring (bicyclic) bond motifs is 3. The minimum atomic E-state index is 1.05. The van der Waals surface area contributed by atoms with E-state index in [1.54, 1.807) is 0 Å². The Labute approximate surface area is 368 Å². The molecule has 0 radical (unpaired) electrons. The molecule has 0 aliphatic carbocycles. The fraction of sp³-hybridized carbons (Fsp3) is 0. The van der Waals surface area contributed by atoms with Gasteiger partial charge in [0.05, 0.1) is 11.0 Å². The number of nitrogens with zero attached hydrogens (tertiary/aromatic N) is 3. The van der Waals surface area contributed by atoms with E-state index < -0.39 is 0 Å². The van der Waals surface area contributed by atoms with Crippen molar-refractivity contribution in [2.75, 3.05) is 9.80 Å². The highest BCUT2D eigenvalue weighted by Gasteiger charge is 2.21. The number of para-hydroxylation sites is 4. The van der Waals surface area contributed by atoms with Gasteiger partial charge in [-0.05, 0) is 130 Å². The maximum absolute atomic E-state index is 2.38. The van der Waals surface area contributed by atoms with Crippen molar-refractivity contribution in [3.05, 3.63) is 261 Å². The van der Waals surface area contributed by atoms with Crippen LogP contribution < -0.4 is 9.80 Å². The molecule has 10 aromatic carbocycles. The lowest BCUT2D eigenvalue weighted by atomic mass is 9.99. The maximum Gasteiger partial charge on any atom is 0.0541 e. The van der Waals surface area contributed by atoms with Gasteiger partial charge in [-0.1, -0.05) is 164 Å². The van der Waals surface area contributed by atoms with Crippen LogP contribution in [0.25, 0.3) is 60.9 Å². The summed E-state index contributed by atoms with van der Waals surface area (Å²) in [5.74, 6) is 0. The van der Waals surface area contributed by atoms with Crippen molar-refractivity contribution in [3.8, 4) is 39.1 Å². The zero-order valence-electron chi connectivity index (χ0n) is 34.7. The molecule has 298 valence electrons. The summed E-state index contributed by atoms with van der Waals surface area (Å²) in [4.78, 5) is 4.76. The van der Waals surface area contributed by atoms with Gasteiger partial charge in [0.25, 0.3) is 0 Å². The lowest BCUT2D eigenvalue weighted by Crippen LogP contribution is -2.13. The van der Waals surface area contributed by atoms with Gasteiger partial charge in [0, 0.05) is 50.6 Å². The Morgan fingerprint density at radius 2 is 0.603 bits per heavy atom. The van der Waals surface area contributed by atoms with Crippen LogP contribution in [0.2, 0.25) is 0 Å². The summed E-state index contributed by atoms with van der Waals surface area (Å²) in [6, 6.07) is 93.8. The summed E-state index contributed by atoms with van der Waals surface area (Å²) in [6.07, 6.45) is 0. The van der Waals surface area contributed by atoms with Crippen LogP contribution in [0.3, 0.4) is 0 Å². The zero-order valence-corrected chi connectivity index (χ0v) is 34.7. The molecule has 63 heavy (non-hydrogen) atoms. The molecule has 0 spiro atoms. The average Bonchev–Trinajstić information content (AvgIpc) is 3.70. The molecule has 11 aromatic rings. The van der Waals surface area contributed by atoms with Gasteiger partial charge in [-0.15, -0.1) is 0 Å². The predicted molar refractivity (Wildman–Crippen MR) is 266 cm³/mol. The molecule has 11 rings (SSSR count). The van der Waals surface area contributed by atoms with Gasteiger partial charge in [0.1, 0.15) is 0 Å². The second-order valence-electron chi connectivity index (χ2n) is 15.8. The van der Waals surface area contributed by atoms with Gasteiger partial charge in [-0.3, -0.25) is 0 Å². The summed E-state index contributed by atoms with van der Waals surface area (Å²) in [5.41, 5.74) is 16.9. The van der Waals surface area contributed by atoms with Crippen molar-refractivity contribution in [2.45, 2.75) is 0 Å². The SMILES string of the molecule is c1ccc(-c2ccc(N(c3ccccc3)c3cc(-c4ccc5c(c4)c4ccccc4n5-c4ccccc4)cc(N(c4ccccc4)c4ccc(-c5ccccc5)cc4)c3)cc2)cc1. The molecule has 3 nitrogen and oxygen atoms in total. The van der Waals surface area contributed by atoms with E-state index in [-0.39, 0.29) is 0 Å². The molecule has 0 unspecified atom stereocenters. The van der Waals surface area contributed by atoms with Gasteiger partial charge >= 0.3 is 0 Å². The molecule has 0 aliphatic rings. The van der Waals surface area contributed by atoms with E-state index in [0.29, 0.717) is 0 Å². The van der Waals surface area contributed by atoms with E-state index in [1.165, 1.54) is 44.1 Å². The molecule has 0 amide bonds. The summed E-state index contributed by atoms with van der Waals surface area (Å²) in [6.45, 7) is 0. The quantitative estimate of drug-likeness (QED) is 0.136. The highest BCUT2D eigenvalue weighted by molar-refractivity contribution is 6.10. The van der Waals surface area contributed by atoms with Crippen LogP contribution in [-0.2, 0) is 0 Å². The fourth-order valence-corrected chi connectivity index (χ4v) is 8.94. The van der Waals surface area contributed by atoms with Gasteiger partial charge in [0.2, 0.25) is 0 Å². The van der Waals surface area contributed by atoms with Crippen LogP contribution in [0.1, 0.15) is 0 Å². The van der Waals surface area contributed by atoms with Crippen molar-refractivity contribution in [1.82, 2.24) is 4.57 Å². The number of aromatic nitrogens is 1. The van der Waals surface area contributed by atoms with E-state index in [0.717, 1.165) is 50.9 Å². The van der Waals surface area contributed by atoms with Crippen molar-refractivity contribution in [1.29, 1.82) is 0 Å². The largest absolute Gasteiger partial charge is 0.310 e. The normalized spacial score (nSPS) is 11.2. The molecular weight excluding hydrogens is 763 g/mol. The maximum atomic E-state index is 2.38. The number of rotatable bonds is 10. The van der Waals surface area contributed by atoms with E-state index in [4.69, 9.17) is 0 Å². The standard InChI is InChI=1S/C60H43N3/c1-6-18-44(19-7-1)46-30-35-53(36-31-46)61(50-22-10-3-11-23-50)55-40-49(48-34-39-60-58(42-48)57-28-16-17-29-59(57)63(60)52-26-14-5-15-27-52)41-56(43-55)62(51-24-12-4-13-25-51)54-37-32-47(33-38-54)45-20-8-2-9-21-45/h1-43H. The Hall–Kier alpha value is -8.40. The van der Waals surface area contributed by atoms with Crippen LogP contribution in [0.4, 0.5) is 34.1 Å². The van der Waals surface area contributed by atoms with Gasteiger partial charge < -0.3 is 14.4 Å². The van der Waals surface area contributed by atoms with Gasteiger partial charge in [-0.2, -0.15) is 0 Å². The molecule has 1 heterocycles. The first-order valence-electron chi connectivity index (χ1n) is 21.5. The topological polar surface area (TPSA) is 11.4 Å². The first-order chi connectivity index (χ1) is 31.2. The monoisotopic (exact) mass is 805 g/mol. The lowest BCUT2D eigenvalue weighted by Gasteiger charge is -2.30. The Morgan fingerprint density at radius 3 is 1.11 bits per heavy atom. The van der Waals surface area contributed by atoms with Crippen molar-refractivity contribution in [2.24, 2.45) is 0 Å². The molecule has 3 heteroatoms. The highest BCUT2D eigenvalue weighted by atomic mass is 15.2. The number of anilines is 6. The molecule has 0 saturated carbocycles. The Kier molecular flexibility index (Phi) is 9.89. The summed E-state index contributed by atoms with van der Waals surface area (Å²) in [5, 5.41) is 2.44. The molecule has 0 N–H and O–H groups in total. The van der Waals surface area contributed by atoms with E-state index >= 15 is 0 Å². The van der Waals surface area contributed by atoms with Crippen LogP contribution in [-0.4, -0.2) is 4.57 Å². The van der Waals surface area contributed by atoms with E-state index in [1.807, 2.05) is 0 Å². The molecule has 0 fully saturated rings. The molecule has 0 saturated heterocycles. The van der Waals surface area contributed by atoms with Crippen LogP contribution >= 0.6 is 0 Å². The number of benzene rings is 10. The molecule has 1 aromatic heterocycles. The zero-order chi connectivity index (χ0) is 42.0. The number of hydrogen-bond acceptors (Lipinski definition) is 2. The van der Waals surface area contributed by atoms with Crippen molar-refractivity contribution >= 4 is 55.9 Å². The molecular formula is C60H43N3. The first-order valence-corrected chi connectivity index (χ1v) is 21.5. The second-order valence-corrected chi connectivity index (χ2v) is 15.8. The fourth-order valence-electron chi connectivity index (χ4n) is 8.94. The lowest BCUT2D eigenvalue weighted by molar-refractivity contribution is 1.18. The van der Waals surface area contributed by atoms with Crippen LogP contribution in [0.15, 0.2) is 261 Å². The smallest absolute Gasteiger partial charge is 0.0541 e. The van der Waals surface area contributed by atoms with E-state index in [2.05, 4.69) is 275 Å². The molecule has 0 bridgehead atoms. The minimum Gasteiger partial charge on any atom is -0.310 e. The predicted octanol–water partition coefficient (Wildman–Crippen LogP) is 16.7. The minimum absolute atomic E-state index is 1.05. The third-order valence-electron chi connectivity index (χ3n) is 11.9. The number of hydrogen-bond donors (Lipinski definition) is 0. The molecule has 0 atom stereocenters. The van der Waals surface area contributed by atoms with Crippen molar-refractivity contribution in [3.63, 3.8) is 0 Å². The van der Waals surface area contributed by atoms with Gasteiger partial charge in [0.15, 0.2) is 0 Å². The summed E-state index contributed by atoms with van der Waals surface area (Å²) < 4.78 is 2.38. The van der Waals surface area contributed by atoms with Crippen LogP contribution in [0, 0.1) is 0 Å². The van der Waals surface area contributed by atoms with Crippen molar-refractivity contribution < 1.29 is 0 Å². The Bertz CT molecular complexity index is 3150. The highest BCUT2D eigenvalue weighted by Crippen LogP contribution is 2.45. The first kappa shape index (κ1) is 37.6. The third kappa shape index (κ3) is 7.32. The summed E-state index contributed by atoms with van der Waals surface area (Å²) in [7, 11) is 0. The molecule has 0 aliphatic heterocycles. The Balaban J connectivity index is 1.13. The second kappa shape index (κ2) is 16.6. The average molecular weight is 806 g/mol. The summed E-state index contributed by atoms with van der Waals surface area (Å²) >= 11 is 0. The Morgan fingerprint density at radius 1 is 0.222 bits per heavy atom. The van der Waals surface area contributed by atoms with E-state index in [9.17, 15) is 0 Å². The van der Waals surface area contributed by atoms with Crippen LogP contribution in [0.5, 0.6) is 0 Å². The third-order valence-corrected chi connectivity index (χ3v) is 11.9.